The lowest BCUT2D eigenvalue weighted by molar-refractivity contribution is 0.624. The standard InChI is InChI=1S/C10H15FN4.HI/c1-15(2)9-4-3-7(5-8(9)11)6-14-10(12)13;/h3-5H,6H2,1-2H3,(H4,12,13,14);1H. The summed E-state index contributed by atoms with van der Waals surface area (Å²) >= 11 is 0. The summed E-state index contributed by atoms with van der Waals surface area (Å²) in [5.74, 6) is -0.268. The molecular weight excluding hydrogens is 322 g/mol. The van der Waals surface area contributed by atoms with Crippen molar-refractivity contribution in [2.45, 2.75) is 6.54 Å². The molecule has 0 unspecified atom stereocenters. The zero-order chi connectivity index (χ0) is 11.4. The van der Waals surface area contributed by atoms with Crippen molar-refractivity contribution in [2.24, 2.45) is 16.5 Å². The highest BCUT2D eigenvalue weighted by molar-refractivity contribution is 14.0. The van der Waals surface area contributed by atoms with Gasteiger partial charge in [-0.25, -0.2) is 9.38 Å². The van der Waals surface area contributed by atoms with E-state index in [0.29, 0.717) is 12.2 Å². The number of guanidine groups is 1. The molecule has 1 aromatic carbocycles. The minimum atomic E-state index is -0.275. The fraction of sp³-hybridized carbons (Fsp3) is 0.300. The first-order valence-electron chi connectivity index (χ1n) is 4.52. The van der Waals surface area contributed by atoms with E-state index in [1.54, 1.807) is 31.1 Å². The third-order valence-electron chi connectivity index (χ3n) is 1.94. The van der Waals surface area contributed by atoms with Crippen molar-refractivity contribution < 1.29 is 4.39 Å². The maximum atomic E-state index is 13.5. The van der Waals surface area contributed by atoms with Gasteiger partial charge in [0.15, 0.2) is 5.96 Å². The van der Waals surface area contributed by atoms with Crippen LogP contribution in [0.5, 0.6) is 0 Å². The molecule has 0 radical (unpaired) electrons. The molecule has 0 amide bonds. The highest BCUT2D eigenvalue weighted by Crippen LogP contribution is 2.18. The largest absolute Gasteiger partial charge is 0.375 e. The lowest BCUT2D eigenvalue weighted by atomic mass is 10.2. The number of aliphatic imine (C=N–C) groups is 1. The number of benzene rings is 1. The molecule has 0 fully saturated rings. The number of rotatable bonds is 3. The van der Waals surface area contributed by atoms with Crippen molar-refractivity contribution in [2.75, 3.05) is 19.0 Å². The van der Waals surface area contributed by atoms with Crippen LogP contribution in [0.4, 0.5) is 10.1 Å². The monoisotopic (exact) mass is 338 g/mol. The molecule has 6 heteroatoms. The van der Waals surface area contributed by atoms with E-state index in [2.05, 4.69) is 4.99 Å². The first-order valence-corrected chi connectivity index (χ1v) is 4.52. The Hall–Kier alpha value is -1.05. The summed E-state index contributed by atoms with van der Waals surface area (Å²) in [6, 6.07) is 4.93. The quantitative estimate of drug-likeness (QED) is 0.496. The first-order chi connectivity index (χ1) is 7.00. The molecule has 90 valence electrons. The summed E-state index contributed by atoms with van der Waals surface area (Å²) in [4.78, 5) is 5.51. The minimum absolute atomic E-state index is 0. The van der Waals surface area contributed by atoms with Crippen LogP contribution in [-0.2, 0) is 6.54 Å². The van der Waals surface area contributed by atoms with Crippen LogP contribution in [0.2, 0.25) is 0 Å². The molecule has 0 spiro atoms. The number of halogens is 2. The zero-order valence-corrected chi connectivity index (χ0v) is 11.6. The molecule has 0 aliphatic heterocycles. The van der Waals surface area contributed by atoms with Crippen molar-refractivity contribution >= 4 is 35.6 Å². The van der Waals surface area contributed by atoms with E-state index in [9.17, 15) is 4.39 Å². The van der Waals surface area contributed by atoms with Gasteiger partial charge in [0.2, 0.25) is 0 Å². The average Bonchev–Trinajstić information content (AvgIpc) is 2.14. The SMILES string of the molecule is CN(C)c1ccc(CN=C(N)N)cc1F.I. The summed E-state index contributed by atoms with van der Waals surface area (Å²) in [5, 5.41) is 0. The predicted molar refractivity (Wildman–Crippen MR) is 75.7 cm³/mol. The van der Waals surface area contributed by atoms with Crippen molar-refractivity contribution in [3.63, 3.8) is 0 Å². The van der Waals surface area contributed by atoms with Crippen molar-refractivity contribution in [3.05, 3.63) is 29.6 Å². The summed E-state index contributed by atoms with van der Waals surface area (Å²) in [5.41, 5.74) is 11.7. The van der Waals surface area contributed by atoms with E-state index in [0.717, 1.165) is 5.56 Å². The van der Waals surface area contributed by atoms with Gasteiger partial charge >= 0.3 is 0 Å². The van der Waals surface area contributed by atoms with Gasteiger partial charge in [-0.05, 0) is 17.7 Å². The molecule has 0 aliphatic carbocycles. The fourth-order valence-corrected chi connectivity index (χ4v) is 1.19. The molecular formula is C10H16FIN4. The lowest BCUT2D eigenvalue weighted by Crippen LogP contribution is -2.22. The Labute approximate surface area is 112 Å². The molecule has 16 heavy (non-hydrogen) atoms. The van der Waals surface area contributed by atoms with Crippen LogP contribution >= 0.6 is 24.0 Å². The Balaban J connectivity index is 0.00000225. The second kappa shape index (κ2) is 6.51. The van der Waals surface area contributed by atoms with Crippen LogP contribution in [0.25, 0.3) is 0 Å². The maximum Gasteiger partial charge on any atom is 0.186 e. The third kappa shape index (κ3) is 4.21. The molecule has 0 aromatic heterocycles. The Morgan fingerprint density at radius 3 is 2.44 bits per heavy atom. The fourth-order valence-electron chi connectivity index (χ4n) is 1.19. The zero-order valence-electron chi connectivity index (χ0n) is 9.27. The predicted octanol–water partition coefficient (Wildman–Crippen LogP) is 1.28. The summed E-state index contributed by atoms with van der Waals surface area (Å²) in [7, 11) is 3.57. The second-order valence-electron chi connectivity index (χ2n) is 3.42. The minimum Gasteiger partial charge on any atom is -0.375 e. The summed E-state index contributed by atoms with van der Waals surface area (Å²) in [6.07, 6.45) is 0. The summed E-state index contributed by atoms with van der Waals surface area (Å²) in [6.45, 7) is 0.299. The van der Waals surface area contributed by atoms with Gasteiger partial charge in [0.25, 0.3) is 0 Å². The van der Waals surface area contributed by atoms with Gasteiger partial charge in [0.05, 0.1) is 12.2 Å². The number of hydrogen-bond donors (Lipinski definition) is 2. The lowest BCUT2D eigenvalue weighted by Gasteiger charge is -2.13. The highest BCUT2D eigenvalue weighted by Gasteiger charge is 2.04. The van der Waals surface area contributed by atoms with Gasteiger partial charge in [0.1, 0.15) is 5.82 Å². The van der Waals surface area contributed by atoms with Crippen LogP contribution in [0, 0.1) is 5.82 Å². The maximum absolute atomic E-state index is 13.5. The molecule has 0 heterocycles. The Kier molecular flexibility index (Phi) is 6.09. The van der Waals surface area contributed by atoms with Crippen LogP contribution in [0.1, 0.15) is 5.56 Å². The topological polar surface area (TPSA) is 67.6 Å². The van der Waals surface area contributed by atoms with Gasteiger partial charge in [-0.3, -0.25) is 0 Å². The number of nitrogens with two attached hydrogens (primary N) is 2. The third-order valence-corrected chi connectivity index (χ3v) is 1.94. The molecule has 0 bridgehead atoms. The van der Waals surface area contributed by atoms with Crippen LogP contribution in [0.3, 0.4) is 0 Å². The van der Waals surface area contributed by atoms with Crippen molar-refractivity contribution in [1.82, 2.24) is 0 Å². The highest BCUT2D eigenvalue weighted by atomic mass is 127. The smallest absolute Gasteiger partial charge is 0.186 e. The van der Waals surface area contributed by atoms with Gasteiger partial charge in [-0.1, -0.05) is 6.07 Å². The van der Waals surface area contributed by atoms with Gasteiger partial charge in [-0.15, -0.1) is 24.0 Å². The van der Waals surface area contributed by atoms with E-state index >= 15 is 0 Å². The van der Waals surface area contributed by atoms with Crippen molar-refractivity contribution in [3.8, 4) is 0 Å². The molecule has 0 saturated heterocycles. The first kappa shape index (κ1) is 14.9. The van der Waals surface area contributed by atoms with Gasteiger partial charge in [0, 0.05) is 14.1 Å². The van der Waals surface area contributed by atoms with Gasteiger partial charge < -0.3 is 16.4 Å². The second-order valence-corrected chi connectivity index (χ2v) is 3.42. The van der Waals surface area contributed by atoms with Crippen LogP contribution in [0.15, 0.2) is 23.2 Å². The molecule has 1 rings (SSSR count). The molecule has 0 atom stereocenters. The molecule has 0 saturated carbocycles. The van der Waals surface area contributed by atoms with Crippen molar-refractivity contribution in [1.29, 1.82) is 0 Å². The Morgan fingerprint density at radius 1 is 1.38 bits per heavy atom. The van der Waals surface area contributed by atoms with Gasteiger partial charge in [-0.2, -0.15) is 0 Å². The van der Waals surface area contributed by atoms with E-state index in [1.807, 2.05) is 0 Å². The number of nitrogens with zero attached hydrogens (tertiary/aromatic N) is 2. The van der Waals surface area contributed by atoms with E-state index < -0.39 is 0 Å². The molecule has 4 nitrogen and oxygen atoms in total. The average molecular weight is 338 g/mol. The summed E-state index contributed by atoms with van der Waals surface area (Å²) < 4.78 is 13.5. The number of hydrogen-bond acceptors (Lipinski definition) is 2. The normalized spacial score (nSPS) is 9.19. The molecule has 4 N–H and O–H groups in total. The Bertz CT molecular complexity index is 375. The Morgan fingerprint density at radius 2 is 2.00 bits per heavy atom. The van der Waals surface area contributed by atoms with E-state index in [1.165, 1.54) is 6.07 Å². The van der Waals surface area contributed by atoms with E-state index in [4.69, 9.17) is 11.5 Å². The number of anilines is 1. The van der Waals surface area contributed by atoms with Crippen LogP contribution < -0.4 is 16.4 Å². The molecule has 0 aliphatic rings. The molecule has 1 aromatic rings. The van der Waals surface area contributed by atoms with E-state index in [-0.39, 0.29) is 35.8 Å². The van der Waals surface area contributed by atoms with Crippen LogP contribution in [-0.4, -0.2) is 20.1 Å².